The molecule has 6 nitrogen and oxygen atoms in total. The van der Waals surface area contributed by atoms with Crippen LogP contribution in [0.3, 0.4) is 0 Å². The van der Waals surface area contributed by atoms with Crippen LogP contribution in [0.1, 0.15) is 35.9 Å². The van der Waals surface area contributed by atoms with Crippen LogP contribution in [-0.2, 0) is 6.54 Å². The number of aromatic nitrogens is 3. The number of piperidine rings is 1. The Morgan fingerprint density at radius 2 is 2.27 bits per heavy atom. The highest BCUT2D eigenvalue weighted by atomic mass is 16.5. The molecule has 6 heteroatoms. The van der Waals surface area contributed by atoms with Crippen molar-refractivity contribution in [3.8, 4) is 17.2 Å². The maximum atomic E-state index is 5.93. The number of H-pyrrole nitrogens is 1. The molecule has 1 fully saturated rings. The van der Waals surface area contributed by atoms with Crippen LogP contribution in [0.4, 0.5) is 0 Å². The number of rotatable bonds is 5. The number of aromatic amines is 1. The number of likely N-dealkylation sites (tertiary alicyclic amines) is 1. The number of ether oxygens (including phenoxy) is 1. The number of benzene rings is 1. The van der Waals surface area contributed by atoms with E-state index in [2.05, 4.69) is 21.2 Å². The topological polar surface area (TPSA) is 67.2 Å². The van der Waals surface area contributed by atoms with E-state index in [0.717, 1.165) is 42.4 Å². The van der Waals surface area contributed by atoms with Crippen molar-refractivity contribution in [3.63, 3.8) is 0 Å². The summed E-state index contributed by atoms with van der Waals surface area (Å²) in [4.78, 5) is 7.21. The third-order valence-electron chi connectivity index (χ3n) is 5.05. The summed E-state index contributed by atoms with van der Waals surface area (Å²) >= 11 is 0. The van der Waals surface area contributed by atoms with E-state index in [1.165, 1.54) is 18.5 Å². The zero-order chi connectivity index (χ0) is 17.9. The second-order valence-electron chi connectivity index (χ2n) is 6.84. The highest BCUT2D eigenvalue weighted by Gasteiger charge is 2.24. The van der Waals surface area contributed by atoms with Crippen molar-refractivity contribution in [1.82, 2.24) is 20.1 Å². The van der Waals surface area contributed by atoms with Crippen LogP contribution in [0.25, 0.3) is 11.5 Å². The molecule has 1 aliphatic heterocycles. The largest absolute Gasteiger partial charge is 0.497 e. The average Bonchev–Trinajstić information content (AvgIpc) is 3.33. The summed E-state index contributed by atoms with van der Waals surface area (Å²) in [6, 6.07) is 9.89. The minimum atomic E-state index is 0.510. The normalized spacial score (nSPS) is 18.2. The van der Waals surface area contributed by atoms with Gasteiger partial charge in [-0.2, -0.15) is 5.10 Å². The second kappa shape index (κ2) is 7.33. The standard InChI is InChI=1S/C20H24N4O2/c1-14-19(22-20(26-14)15-5-3-7-17(11-15)25-2)13-24-10-4-6-16(12-24)18-8-9-21-23-18/h3,5,7-9,11,16H,4,6,10,12-13H2,1-2H3,(H,21,23)/t16-/m1/s1. The van der Waals surface area contributed by atoms with Crippen molar-refractivity contribution in [3.05, 3.63) is 53.7 Å². The van der Waals surface area contributed by atoms with Gasteiger partial charge in [-0.25, -0.2) is 4.98 Å². The first-order valence-electron chi connectivity index (χ1n) is 9.05. The Labute approximate surface area is 153 Å². The zero-order valence-electron chi connectivity index (χ0n) is 15.2. The Morgan fingerprint density at radius 3 is 3.08 bits per heavy atom. The van der Waals surface area contributed by atoms with Crippen molar-refractivity contribution in [2.75, 3.05) is 20.2 Å². The fourth-order valence-corrected chi connectivity index (χ4v) is 3.61. The predicted molar refractivity (Wildman–Crippen MR) is 99.1 cm³/mol. The average molecular weight is 352 g/mol. The molecule has 4 rings (SSSR count). The van der Waals surface area contributed by atoms with Gasteiger partial charge in [-0.15, -0.1) is 0 Å². The van der Waals surface area contributed by atoms with Crippen LogP contribution in [0.2, 0.25) is 0 Å². The third kappa shape index (κ3) is 3.51. The molecule has 0 spiro atoms. The lowest BCUT2D eigenvalue weighted by atomic mass is 9.95. The molecule has 0 saturated carbocycles. The van der Waals surface area contributed by atoms with Gasteiger partial charge in [-0.3, -0.25) is 10.00 Å². The molecule has 0 amide bonds. The SMILES string of the molecule is COc1cccc(-c2nc(CN3CCC[C@@H](c4ccn[nH]4)C3)c(C)o2)c1. The number of nitrogens with zero attached hydrogens (tertiary/aromatic N) is 3. The molecule has 136 valence electrons. The van der Waals surface area contributed by atoms with Crippen LogP contribution in [0.5, 0.6) is 5.75 Å². The molecule has 26 heavy (non-hydrogen) atoms. The van der Waals surface area contributed by atoms with Crippen molar-refractivity contribution >= 4 is 0 Å². The lowest BCUT2D eigenvalue weighted by molar-refractivity contribution is 0.196. The molecule has 1 aliphatic rings. The van der Waals surface area contributed by atoms with E-state index < -0.39 is 0 Å². The Balaban J connectivity index is 1.49. The van der Waals surface area contributed by atoms with Gasteiger partial charge < -0.3 is 9.15 Å². The van der Waals surface area contributed by atoms with Crippen LogP contribution in [0.15, 0.2) is 40.9 Å². The number of nitrogens with one attached hydrogen (secondary N) is 1. The van der Waals surface area contributed by atoms with Gasteiger partial charge in [0.05, 0.1) is 12.8 Å². The number of methoxy groups -OCH3 is 1. The van der Waals surface area contributed by atoms with E-state index in [-0.39, 0.29) is 0 Å². The molecule has 3 heterocycles. The van der Waals surface area contributed by atoms with Crippen LogP contribution < -0.4 is 4.74 Å². The van der Waals surface area contributed by atoms with Crippen LogP contribution in [-0.4, -0.2) is 40.3 Å². The smallest absolute Gasteiger partial charge is 0.226 e. The Hall–Kier alpha value is -2.60. The molecule has 2 aromatic heterocycles. The third-order valence-corrected chi connectivity index (χ3v) is 5.05. The minimum Gasteiger partial charge on any atom is -0.497 e. The maximum Gasteiger partial charge on any atom is 0.226 e. The summed E-state index contributed by atoms with van der Waals surface area (Å²) in [5, 5.41) is 7.21. The van der Waals surface area contributed by atoms with E-state index >= 15 is 0 Å². The van der Waals surface area contributed by atoms with Crippen molar-refractivity contribution in [2.24, 2.45) is 0 Å². The predicted octanol–water partition coefficient (Wildman–Crippen LogP) is 3.76. The summed E-state index contributed by atoms with van der Waals surface area (Å²) < 4.78 is 11.2. The van der Waals surface area contributed by atoms with E-state index in [4.69, 9.17) is 14.1 Å². The van der Waals surface area contributed by atoms with Crippen molar-refractivity contribution in [2.45, 2.75) is 32.2 Å². The number of aryl methyl sites for hydroxylation is 1. The van der Waals surface area contributed by atoms with Gasteiger partial charge in [0.2, 0.25) is 5.89 Å². The van der Waals surface area contributed by atoms with Gasteiger partial charge in [0.25, 0.3) is 0 Å². The molecule has 0 bridgehead atoms. The molecule has 0 radical (unpaired) electrons. The summed E-state index contributed by atoms with van der Waals surface area (Å²) in [5.74, 6) is 2.85. The Morgan fingerprint density at radius 1 is 1.35 bits per heavy atom. The lowest BCUT2D eigenvalue weighted by Gasteiger charge is -2.31. The van der Waals surface area contributed by atoms with Crippen molar-refractivity contribution in [1.29, 1.82) is 0 Å². The highest BCUT2D eigenvalue weighted by Crippen LogP contribution is 2.29. The summed E-state index contributed by atoms with van der Waals surface area (Å²) in [5.41, 5.74) is 3.17. The molecule has 3 aromatic rings. The van der Waals surface area contributed by atoms with Gasteiger partial charge in [0.1, 0.15) is 11.5 Å². The van der Waals surface area contributed by atoms with Gasteiger partial charge in [-0.05, 0) is 50.6 Å². The molecule has 1 saturated heterocycles. The molecular formula is C20H24N4O2. The lowest BCUT2D eigenvalue weighted by Crippen LogP contribution is -2.34. The number of oxazole rings is 1. The first-order chi connectivity index (χ1) is 12.7. The minimum absolute atomic E-state index is 0.510. The quantitative estimate of drug-likeness (QED) is 0.757. The van der Waals surface area contributed by atoms with Gasteiger partial charge in [-0.1, -0.05) is 6.07 Å². The number of hydrogen-bond donors (Lipinski definition) is 1. The fourth-order valence-electron chi connectivity index (χ4n) is 3.61. The second-order valence-corrected chi connectivity index (χ2v) is 6.84. The monoisotopic (exact) mass is 352 g/mol. The van der Waals surface area contributed by atoms with E-state index in [0.29, 0.717) is 11.8 Å². The van der Waals surface area contributed by atoms with Crippen LogP contribution >= 0.6 is 0 Å². The van der Waals surface area contributed by atoms with E-state index in [1.54, 1.807) is 7.11 Å². The molecule has 1 aromatic carbocycles. The van der Waals surface area contributed by atoms with Gasteiger partial charge in [0.15, 0.2) is 0 Å². The van der Waals surface area contributed by atoms with Gasteiger partial charge >= 0.3 is 0 Å². The Kier molecular flexibility index (Phi) is 4.75. The maximum absolute atomic E-state index is 5.93. The molecule has 1 N–H and O–H groups in total. The first kappa shape index (κ1) is 16.8. The zero-order valence-corrected chi connectivity index (χ0v) is 15.2. The molecule has 1 atom stereocenters. The van der Waals surface area contributed by atoms with E-state index in [9.17, 15) is 0 Å². The molecule has 0 aliphatic carbocycles. The Bertz CT molecular complexity index is 857. The van der Waals surface area contributed by atoms with E-state index in [1.807, 2.05) is 37.4 Å². The van der Waals surface area contributed by atoms with Crippen molar-refractivity contribution < 1.29 is 9.15 Å². The number of hydrogen-bond acceptors (Lipinski definition) is 5. The molecular weight excluding hydrogens is 328 g/mol. The van der Waals surface area contributed by atoms with Gasteiger partial charge in [0, 0.05) is 36.5 Å². The first-order valence-corrected chi connectivity index (χ1v) is 9.05. The highest BCUT2D eigenvalue weighted by molar-refractivity contribution is 5.56. The summed E-state index contributed by atoms with van der Waals surface area (Å²) in [7, 11) is 1.66. The molecule has 0 unspecified atom stereocenters. The summed E-state index contributed by atoms with van der Waals surface area (Å²) in [6.07, 6.45) is 4.21. The fraction of sp³-hybridized carbons (Fsp3) is 0.400. The summed E-state index contributed by atoms with van der Waals surface area (Å²) in [6.45, 7) is 4.90. The van der Waals surface area contributed by atoms with Crippen LogP contribution in [0, 0.1) is 6.92 Å².